The number of rotatable bonds is 6. The molecule has 0 bridgehead atoms. The number of hydrogen-bond acceptors (Lipinski definition) is 6. The number of aryl methyl sites for hydroxylation is 1. The summed E-state index contributed by atoms with van der Waals surface area (Å²) in [6.45, 7) is 0. The van der Waals surface area contributed by atoms with Crippen molar-refractivity contribution >= 4 is 17.3 Å². The summed E-state index contributed by atoms with van der Waals surface area (Å²) in [5.41, 5.74) is -0.683. The molecule has 0 spiro atoms. The fourth-order valence-electron chi connectivity index (χ4n) is 3.30. The van der Waals surface area contributed by atoms with Gasteiger partial charge in [0.05, 0.1) is 24.6 Å². The quantitative estimate of drug-likeness (QED) is 0.435. The second kappa shape index (κ2) is 9.18. The monoisotopic (exact) mass is 490 g/mol. The van der Waals surface area contributed by atoms with Crippen molar-refractivity contribution in [2.75, 3.05) is 12.4 Å². The molecule has 12 heteroatoms. The van der Waals surface area contributed by atoms with E-state index in [0.29, 0.717) is 17.8 Å². The molecule has 176 valence electrons. The molecular weight excluding hydrogens is 473 g/mol. The highest BCUT2D eigenvalue weighted by molar-refractivity contribution is 6.33. The van der Waals surface area contributed by atoms with Gasteiger partial charge in [0.2, 0.25) is 0 Å². The Labute approximate surface area is 196 Å². The van der Waals surface area contributed by atoms with Crippen molar-refractivity contribution in [3.8, 4) is 11.6 Å². The molecule has 3 heterocycles. The third kappa shape index (κ3) is 4.60. The van der Waals surface area contributed by atoms with Crippen LogP contribution in [0.5, 0.6) is 5.75 Å². The Morgan fingerprint density at radius 2 is 1.94 bits per heavy atom. The molecule has 4 rings (SSSR count). The van der Waals surface area contributed by atoms with Crippen LogP contribution in [0.2, 0.25) is 5.02 Å². The largest absolute Gasteiger partial charge is 0.497 e. The van der Waals surface area contributed by atoms with Crippen LogP contribution < -0.4 is 15.6 Å². The van der Waals surface area contributed by atoms with E-state index in [1.54, 1.807) is 25.6 Å². The van der Waals surface area contributed by atoms with Crippen molar-refractivity contribution < 1.29 is 17.9 Å². The smallest absolute Gasteiger partial charge is 0.417 e. The molecule has 0 aliphatic rings. The van der Waals surface area contributed by atoms with E-state index in [2.05, 4.69) is 20.4 Å². The molecule has 3 aromatic heterocycles. The second-order valence-corrected chi connectivity index (χ2v) is 7.62. The lowest BCUT2D eigenvalue weighted by molar-refractivity contribution is -0.137. The molecule has 34 heavy (non-hydrogen) atoms. The van der Waals surface area contributed by atoms with Gasteiger partial charge in [-0.3, -0.25) is 4.79 Å². The first kappa shape index (κ1) is 23.3. The molecule has 1 unspecified atom stereocenters. The number of imidazole rings is 1. The van der Waals surface area contributed by atoms with Gasteiger partial charge in [-0.25, -0.2) is 9.97 Å². The van der Waals surface area contributed by atoms with Crippen LogP contribution in [0.3, 0.4) is 0 Å². The second-order valence-electron chi connectivity index (χ2n) is 7.24. The van der Waals surface area contributed by atoms with Crippen LogP contribution in [0.15, 0.2) is 66.0 Å². The van der Waals surface area contributed by atoms with E-state index in [9.17, 15) is 18.0 Å². The first-order valence-electron chi connectivity index (χ1n) is 9.88. The Balaban J connectivity index is 1.71. The minimum absolute atomic E-state index is 0.0973. The summed E-state index contributed by atoms with van der Waals surface area (Å²) in [5, 5.41) is 7.03. The van der Waals surface area contributed by atoms with Gasteiger partial charge in [-0.1, -0.05) is 23.7 Å². The number of anilines is 1. The zero-order valence-corrected chi connectivity index (χ0v) is 18.7. The van der Waals surface area contributed by atoms with Gasteiger partial charge in [0.25, 0.3) is 5.56 Å². The number of pyridine rings is 1. The number of methoxy groups -OCH3 is 1. The average Bonchev–Trinajstić information content (AvgIpc) is 3.25. The minimum Gasteiger partial charge on any atom is -0.497 e. The predicted molar refractivity (Wildman–Crippen MR) is 119 cm³/mol. The van der Waals surface area contributed by atoms with Gasteiger partial charge >= 0.3 is 6.18 Å². The maximum absolute atomic E-state index is 12.9. The number of aromatic nitrogens is 5. The number of halogens is 4. The molecule has 0 saturated heterocycles. The van der Waals surface area contributed by atoms with E-state index < -0.39 is 23.3 Å². The molecular formula is C22H18ClF3N6O2. The molecule has 0 fully saturated rings. The van der Waals surface area contributed by atoms with Crippen molar-refractivity contribution in [2.24, 2.45) is 7.05 Å². The summed E-state index contributed by atoms with van der Waals surface area (Å²) >= 11 is 6.35. The third-order valence-electron chi connectivity index (χ3n) is 5.05. The Kier molecular flexibility index (Phi) is 6.29. The molecule has 1 atom stereocenters. The van der Waals surface area contributed by atoms with E-state index in [-0.39, 0.29) is 16.5 Å². The summed E-state index contributed by atoms with van der Waals surface area (Å²) in [4.78, 5) is 21.0. The van der Waals surface area contributed by atoms with E-state index in [0.717, 1.165) is 22.4 Å². The first-order valence-corrected chi connectivity index (χ1v) is 10.3. The highest BCUT2D eigenvalue weighted by atomic mass is 35.5. The summed E-state index contributed by atoms with van der Waals surface area (Å²) in [7, 11) is 3.38. The van der Waals surface area contributed by atoms with E-state index in [4.69, 9.17) is 16.3 Å². The van der Waals surface area contributed by atoms with Crippen molar-refractivity contribution in [3.05, 3.63) is 93.5 Å². The summed E-state index contributed by atoms with van der Waals surface area (Å²) in [5.74, 6) is 1.17. The molecule has 0 aliphatic carbocycles. The van der Waals surface area contributed by atoms with Crippen LogP contribution in [-0.2, 0) is 13.2 Å². The molecule has 0 saturated carbocycles. The van der Waals surface area contributed by atoms with E-state index in [1.807, 2.05) is 29.8 Å². The summed E-state index contributed by atoms with van der Waals surface area (Å²) < 4.78 is 46.4. The van der Waals surface area contributed by atoms with Crippen LogP contribution in [-0.4, -0.2) is 31.4 Å². The zero-order chi connectivity index (χ0) is 24.5. The standard InChI is InChI=1S/C22H18ClF3N6O2/c1-31-9-8-27-20(31)19(13-4-3-5-15(10-13)34-2)30-16-12-29-32(21(33)18(16)23)17-7-6-14(11-28-17)22(24,25)26/h3-12,19,30H,1-2H3. The molecule has 0 amide bonds. The molecule has 8 nitrogen and oxygen atoms in total. The predicted octanol–water partition coefficient (Wildman–Crippen LogP) is 4.24. The topological polar surface area (TPSA) is 86.9 Å². The average molecular weight is 491 g/mol. The summed E-state index contributed by atoms with van der Waals surface area (Å²) in [6.07, 6.45) is 0.800. The number of nitrogens with zero attached hydrogens (tertiary/aromatic N) is 5. The molecule has 4 aromatic rings. The number of benzene rings is 1. The first-order chi connectivity index (χ1) is 16.2. The minimum atomic E-state index is -4.55. The van der Waals surface area contributed by atoms with Crippen LogP contribution in [0.4, 0.5) is 18.9 Å². The fraction of sp³-hybridized carbons (Fsp3) is 0.182. The zero-order valence-electron chi connectivity index (χ0n) is 17.9. The van der Waals surface area contributed by atoms with Gasteiger partial charge < -0.3 is 14.6 Å². The van der Waals surface area contributed by atoms with Crippen molar-refractivity contribution in [1.29, 1.82) is 0 Å². The number of hydrogen-bond donors (Lipinski definition) is 1. The highest BCUT2D eigenvalue weighted by Gasteiger charge is 2.31. The molecule has 1 N–H and O–H groups in total. The number of nitrogens with one attached hydrogen (secondary N) is 1. The van der Waals surface area contributed by atoms with Crippen LogP contribution >= 0.6 is 11.6 Å². The summed E-state index contributed by atoms with van der Waals surface area (Å²) in [6, 6.07) is 8.65. The Hall–Kier alpha value is -3.86. The van der Waals surface area contributed by atoms with E-state index in [1.165, 1.54) is 6.20 Å². The van der Waals surface area contributed by atoms with Crippen molar-refractivity contribution in [2.45, 2.75) is 12.2 Å². The van der Waals surface area contributed by atoms with Crippen molar-refractivity contribution in [1.82, 2.24) is 24.3 Å². The number of alkyl halides is 3. The maximum Gasteiger partial charge on any atom is 0.417 e. The fourth-order valence-corrected chi connectivity index (χ4v) is 3.49. The lowest BCUT2D eigenvalue weighted by atomic mass is 10.1. The third-order valence-corrected chi connectivity index (χ3v) is 5.42. The van der Waals surface area contributed by atoms with Crippen LogP contribution in [0.25, 0.3) is 5.82 Å². The van der Waals surface area contributed by atoms with Crippen LogP contribution in [0.1, 0.15) is 23.0 Å². The van der Waals surface area contributed by atoms with E-state index >= 15 is 0 Å². The SMILES string of the molecule is COc1cccc(C(Nc2cnn(-c3ccc(C(F)(F)F)cn3)c(=O)c2Cl)c2nccn2C)c1. The normalized spacial score (nSPS) is 12.4. The van der Waals surface area contributed by atoms with Gasteiger partial charge in [-0.2, -0.15) is 23.0 Å². The van der Waals surface area contributed by atoms with Gasteiger partial charge in [-0.05, 0) is 29.8 Å². The molecule has 0 aliphatic heterocycles. The van der Waals surface area contributed by atoms with Gasteiger partial charge in [0.1, 0.15) is 22.6 Å². The maximum atomic E-state index is 12.9. The lowest BCUT2D eigenvalue weighted by Crippen LogP contribution is -2.25. The van der Waals surface area contributed by atoms with Crippen LogP contribution in [0, 0.1) is 0 Å². The van der Waals surface area contributed by atoms with Crippen molar-refractivity contribution in [3.63, 3.8) is 0 Å². The Morgan fingerprint density at radius 3 is 2.56 bits per heavy atom. The highest BCUT2D eigenvalue weighted by Crippen LogP contribution is 2.30. The number of ether oxygens (including phenoxy) is 1. The Morgan fingerprint density at radius 1 is 1.15 bits per heavy atom. The van der Waals surface area contributed by atoms with Gasteiger partial charge in [0, 0.05) is 25.6 Å². The molecule has 0 radical (unpaired) electrons. The van der Waals surface area contributed by atoms with Gasteiger partial charge in [-0.15, -0.1) is 0 Å². The molecule has 1 aromatic carbocycles. The lowest BCUT2D eigenvalue weighted by Gasteiger charge is -2.21. The Bertz CT molecular complexity index is 1370. The van der Waals surface area contributed by atoms with Gasteiger partial charge in [0.15, 0.2) is 5.82 Å².